The third kappa shape index (κ3) is 3.64. The fourth-order valence-electron chi connectivity index (χ4n) is 6.13. The molecular weight excluding hydrogens is 436 g/mol. The number of nitrogens with zero attached hydrogens (tertiary/aromatic N) is 4. The van der Waals surface area contributed by atoms with E-state index in [1.165, 1.54) is 32.7 Å². The van der Waals surface area contributed by atoms with Crippen LogP contribution >= 0.6 is 0 Å². The number of hydrogen-bond donors (Lipinski definition) is 0. The van der Waals surface area contributed by atoms with Crippen LogP contribution in [0.25, 0.3) is 11.1 Å². The largest absolute Gasteiger partial charge is 0.328 e. The van der Waals surface area contributed by atoms with Gasteiger partial charge in [0.05, 0.1) is 12.2 Å². The van der Waals surface area contributed by atoms with Gasteiger partial charge in [0.25, 0.3) is 5.91 Å². The van der Waals surface area contributed by atoms with Gasteiger partial charge in [0, 0.05) is 32.4 Å². The summed E-state index contributed by atoms with van der Waals surface area (Å²) in [6.07, 6.45) is 4.03. The highest BCUT2D eigenvalue weighted by molar-refractivity contribution is 6.07. The number of imide groups is 1. The maximum atomic E-state index is 13.6. The van der Waals surface area contributed by atoms with Crippen LogP contribution in [0.15, 0.2) is 66.9 Å². The van der Waals surface area contributed by atoms with E-state index in [0.29, 0.717) is 19.4 Å². The molecule has 1 spiro atoms. The quantitative estimate of drug-likeness (QED) is 0.407. The molecule has 1 aromatic heterocycles. The molecule has 2 aliphatic heterocycles. The average Bonchev–Trinajstić information content (AvgIpc) is 3.34. The molecule has 35 heavy (non-hydrogen) atoms. The first-order valence-corrected chi connectivity index (χ1v) is 12.5. The highest BCUT2D eigenvalue weighted by Crippen LogP contribution is 2.39. The van der Waals surface area contributed by atoms with E-state index < -0.39 is 5.54 Å². The summed E-state index contributed by atoms with van der Waals surface area (Å²) >= 11 is 0. The van der Waals surface area contributed by atoms with Gasteiger partial charge in [-0.25, -0.2) is 4.79 Å². The summed E-state index contributed by atoms with van der Waals surface area (Å²) < 4.78 is 0. The zero-order chi connectivity index (χ0) is 24.0. The molecule has 0 bridgehead atoms. The molecule has 0 atom stereocenters. The first-order valence-electron chi connectivity index (χ1n) is 12.5. The number of piperidine rings is 1. The van der Waals surface area contributed by atoms with Crippen molar-refractivity contribution in [2.75, 3.05) is 19.6 Å². The molecule has 0 N–H and O–H groups in total. The minimum atomic E-state index is -0.726. The molecular formula is C29H30N4O2. The van der Waals surface area contributed by atoms with Crippen molar-refractivity contribution in [1.82, 2.24) is 19.7 Å². The Labute approximate surface area is 206 Å². The van der Waals surface area contributed by atoms with E-state index in [1.54, 1.807) is 11.1 Å². The third-order valence-electron chi connectivity index (χ3n) is 7.93. The van der Waals surface area contributed by atoms with Crippen molar-refractivity contribution in [3.63, 3.8) is 0 Å². The lowest BCUT2D eigenvalue weighted by Gasteiger charge is -2.42. The summed E-state index contributed by atoms with van der Waals surface area (Å²) in [5, 5.41) is 0. The van der Waals surface area contributed by atoms with Crippen LogP contribution in [0.3, 0.4) is 0 Å². The summed E-state index contributed by atoms with van der Waals surface area (Å²) in [7, 11) is 0. The molecule has 178 valence electrons. The number of urea groups is 1. The lowest BCUT2D eigenvalue weighted by atomic mass is 9.85. The number of pyridine rings is 1. The summed E-state index contributed by atoms with van der Waals surface area (Å²) in [6.45, 7) is 5.19. The molecule has 2 aromatic carbocycles. The maximum Gasteiger partial charge on any atom is 0.328 e. The Kier molecular flexibility index (Phi) is 5.41. The van der Waals surface area contributed by atoms with E-state index in [-0.39, 0.29) is 18.5 Å². The highest BCUT2D eigenvalue weighted by Gasteiger charge is 2.57. The zero-order valence-corrected chi connectivity index (χ0v) is 20.1. The minimum absolute atomic E-state index is 0.0649. The molecule has 6 rings (SSSR count). The van der Waals surface area contributed by atoms with Crippen LogP contribution in [0.2, 0.25) is 0 Å². The zero-order valence-electron chi connectivity index (χ0n) is 20.1. The van der Waals surface area contributed by atoms with E-state index in [1.807, 2.05) is 25.1 Å². The van der Waals surface area contributed by atoms with Crippen LogP contribution in [0.5, 0.6) is 0 Å². The van der Waals surface area contributed by atoms with Crippen molar-refractivity contribution < 1.29 is 9.59 Å². The van der Waals surface area contributed by atoms with Gasteiger partial charge in [0.1, 0.15) is 5.54 Å². The molecule has 0 saturated carbocycles. The number of rotatable bonds is 5. The van der Waals surface area contributed by atoms with Crippen LogP contribution in [0.1, 0.15) is 42.1 Å². The number of carbonyl (C=O) groups is 2. The van der Waals surface area contributed by atoms with Gasteiger partial charge < -0.3 is 4.90 Å². The van der Waals surface area contributed by atoms with Gasteiger partial charge in [-0.3, -0.25) is 19.6 Å². The molecule has 6 heteroatoms. The molecule has 0 unspecified atom stereocenters. The van der Waals surface area contributed by atoms with Crippen LogP contribution in [-0.2, 0) is 24.3 Å². The topological polar surface area (TPSA) is 56.8 Å². The minimum Gasteiger partial charge on any atom is -0.310 e. The second-order valence-corrected chi connectivity index (χ2v) is 9.87. The Hall–Kier alpha value is -3.51. The number of carbonyl (C=O) groups excluding carboxylic acids is 2. The van der Waals surface area contributed by atoms with E-state index in [9.17, 15) is 9.59 Å². The molecule has 3 amide bonds. The van der Waals surface area contributed by atoms with Crippen LogP contribution in [-0.4, -0.2) is 56.8 Å². The summed E-state index contributed by atoms with van der Waals surface area (Å²) in [5.74, 6) is -0.0649. The van der Waals surface area contributed by atoms with Gasteiger partial charge in [0.2, 0.25) is 0 Å². The molecule has 3 aromatic rings. The lowest BCUT2D eigenvalue weighted by molar-refractivity contribution is -0.136. The van der Waals surface area contributed by atoms with Crippen LogP contribution in [0.4, 0.5) is 4.79 Å². The van der Waals surface area contributed by atoms with Crippen molar-refractivity contribution in [2.45, 2.75) is 44.8 Å². The standard InChI is InChI=1S/C29H30N4O2/c1-2-33-28(35)32(20-24-8-5-6-14-30-24)27(34)29(33)12-15-31(16-13-29)19-21-10-11-26-23(17-21)18-22-7-3-4-9-25(22)26/h3-11,14,17H,2,12-13,15-16,18-20H2,1H3. The van der Waals surface area contributed by atoms with Crippen LogP contribution < -0.4 is 0 Å². The number of likely N-dealkylation sites (tertiary alicyclic amines) is 1. The molecule has 3 aliphatic rings. The number of fused-ring (bicyclic) bond motifs is 3. The first-order chi connectivity index (χ1) is 17.1. The van der Waals surface area contributed by atoms with Crippen molar-refractivity contribution in [2.24, 2.45) is 0 Å². The van der Waals surface area contributed by atoms with Gasteiger partial charge in [-0.05, 0) is 66.1 Å². The number of aromatic nitrogens is 1. The highest BCUT2D eigenvalue weighted by atomic mass is 16.2. The third-order valence-corrected chi connectivity index (χ3v) is 7.93. The van der Waals surface area contributed by atoms with E-state index in [2.05, 4.69) is 52.3 Å². The second-order valence-electron chi connectivity index (χ2n) is 9.87. The van der Waals surface area contributed by atoms with Gasteiger partial charge >= 0.3 is 6.03 Å². The molecule has 3 heterocycles. The van der Waals surface area contributed by atoms with Crippen molar-refractivity contribution >= 4 is 11.9 Å². The predicted octanol–water partition coefficient (Wildman–Crippen LogP) is 4.47. The molecule has 2 saturated heterocycles. The Balaban J connectivity index is 1.15. The van der Waals surface area contributed by atoms with E-state index in [0.717, 1.165) is 31.7 Å². The number of amides is 3. The molecule has 2 fully saturated rings. The smallest absolute Gasteiger partial charge is 0.310 e. The molecule has 1 aliphatic carbocycles. The molecule has 6 nitrogen and oxygen atoms in total. The summed E-state index contributed by atoms with van der Waals surface area (Å²) in [4.78, 5) is 36.7. The van der Waals surface area contributed by atoms with Gasteiger partial charge in [-0.2, -0.15) is 0 Å². The van der Waals surface area contributed by atoms with E-state index >= 15 is 0 Å². The second kappa shape index (κ2) is 8.61. The van der Waals surface area contributed by atoms with Gasteiger partial charge in [-0.15, -0.1) is 0 Å². The van der Waals surface area contributed by atoms with Crippen molar-refractivity contribution in [3.05, 3.63) is 89.2 Å². The Morgan fingerprint density at radius 3 is 2.43 bits per heavy atom. The van der Waals surface area contributed by atoms with Gasteiger partial charge in [-0.1, -0.05) is 48.5 Å². The SMILES string of the molecule is CCN1C(=O)N(Cc2ccccn2)C(=O)C12CCN(Cc1ccc3c(c1)Cc1ccccc1-3)CC2. The molecule has 0 radical (unpaired) electrons. The number of likely N-dealkylation sites (N-methyl/N-ethyl adjacent to an activating group) is 1. The average molecular weight is 467 g/mol. The maximum absolute atomic E-state index is 13.6. The van der Waals surface area contributed by atoms with Crippen molar-refractivity contribution in [1.29, 1.82) is 0 Å². The summed E-state index contributed by atoms with van der Waals surface area (Å²) in [5.41, 5.74) is 6.83. The Morgan fingerprint density at radius 1 is 0.886 bits per heavy atom. The predicted molar refractivity (Wildman–Crippen MR) is 134 cm³/mol. The monoisotopic (exact) mass is 466 g/mol. The lowest BCUT2D eigenvalue weighted by Crippen LogP contribution is -2.56. The fraction of sp³-hybridized carbons (Fsp3) is 0.345. The normalized spacial score (nSPS) is 18.9. The van der Waals surface area contributed by atoms with Gasteiger partial charge in [0.15, 0.2) is 0 Å². The van der Waals surface area contributed by atoms with Crippen molar-refractivity contribution in [3.8, 4) is 11.1 Å². The Morgan fingerprint density at radius 2 is 1.66 bits per heavy atom. The fourth-order valence-corrected chi connectivity index (χ4v) is 6.13. The Bertz CT molecular complexity index is 1280. The first kappa shape index (κ1) is 22.0. The van der Waals surface area contributed by atoms with Crippen LogP contribution in [0, 0.1) is 0 Å². The summed E-state index contributed by atoms with van der Waals surface area (Å²) in [6, 6.07) is 20.9. The van der Waals surface area contributed by atoms with E-state index in [4.69, 9.17) is 0 Å². The number of benzene rings is 2. The number of hydrogen-bond acceptors (Lipinski definition) is 4.